The molecule has 0 aliphatic heterocycles. The van der Waals surface area contributed by atoms with Gasteiger partial charge in [0.25, 0.3) is 5.56 Å². The highest BCUT2D eigenvalue weighted by Gasteiger charge is 2.20. The third-order valence-electron chi connectivity index (χ3n) is 5.91. The minimum atomic E-state index is -0.725. The lowest BCUT2D eigenvalue weighted by Gasteiger charge is -2.08. The summed E-state index contributed by atoms with van der Waals surface area (Å²) in [5, 5.41) is 2.36. The topological polar surface area (TPSA) is 83.7 Å². The number of rotatable bonds is 3. The van der Waals surface area contributed by atoms with Crippen LogP contribution in [0, 0.1) is 11.6 Å². The van der Waals surface area contributed by atoms with Crippen LogP contribution >= 0.6 is 0 Å². The number of hydrogen-bond donors (Lipinski definition) is 2. The lowest BCUT2D eigenvalue weighted by atomic mass is 9.98. The molecule has 2 N–H and O–H groups in total. The Morgan fingerprint density at radius 2 is 1.68 bits per heavy atom. The van der Waals surface area contributed by atoms with Gasteiger partial charge in [0.05, 0.1) is 34.8 Å². The van der Waals surface area contributed by atoms with Crippen molar-refractivity contribution in [3.05, 3.63) is 88.8 Å². The highest BCUT2D eigenvalue weighted by molar-refractivity contribution is 6.23. The van der Waals surface area contributed by atoms with Gasteiger partial charge in [-0.25, -0.2) is 18.7 Å². The highest BCUT2D eigenvalue weighted by atomic mass is 19.1. The first-order valence-corrected chi connectivity index (χ1v) is 10.5. The number of benzene rings is 3. The van der Waals surface area contributed by atoms with Crippen molar-refractivity contribution in [2.45, 2.75) is 0 Å². The molecular weight excluding hydrogens is 438 g/mol. The van der Waals surface area contributed by atoms with Gasteiger partial charge in [0, 0.05) is 28.6 Å². The maximum atomic E-state index is 14.5. The molecule has 3 aromatic heterocycles. The van der Waals surface area contributed by atoms with Crippen LogP contribution in [-0.4, -0.2) is 27.0 Å². The Hall–Kier alpha value is -4.59. The van der Waals surface area contributed by atoms with E-state index in [4.69, 9.17) is 4.74 Å². The number of aromatic amines is 2. The van der Waals surface area contributed by atoms with Crippen molar-refractivity contribution < 1.29 is 13.5 Å². The molecule has 0 aliphatic rings. The average Bonchev–Trinajstić information content (AvgIpc) is 3.29. The lowest BCUT2D eigenvalue weighted by molar-refractivity contribution is 0.398. The number of aromatic nitrogens is 4. The number of halogens is 2. The molecule has 0 amide bonds. The molecule has 8 heteroatoms. The number of ether oxygens (including phenoxy) is 1. The van der Waals surface area contributed by atoms with E-state index in [-0.39, 0.29) is 16.9 Å². The summed E-state index contributed by atoms with van der Waals surface area (Å²) in [5.41, 5.74) is 1.97. The van der Waals surface area contributed by atoms with Gasteiger partial charge in [0.2, 0.25) is 5.88 Å². The first kappa shape index (κ1) is 20.0. The zero-order valence-corrected chi connectivity index (χ0v) is 17.8. The molecule has 6 rings (SSSR count). The number of nitrogens with one attached hydrogen (secondary N) is 2. The number of hydrogen-bond acceptors (Lipinski definition) is 4. The predicted octanol–water partition coefficient (Wildman–Crippen LogP) is 5.57. The Morgan fingerprint density at radius 1 is 0.882 bits per heavy atom. The van der Waals surface area contributed by atoms with Crippen LogP contribution in [0.4, 0.5) is 8.78 Å². The van der Waals surface area contributed by atoms with Crippen LogP contribution in [0.1, 0.15) is 0 Å². The summed E-state index contributed by atoms with van der Waals surface area (Å²) < 4.78 is 34.2. The van der Waals surface area contributed by atoms with E-state index < -0.39 is 11.6 Å². The SMILES string of the molecule is COc1cccc(-c2ccc3c(c2)c2c(=O)[nH]ccc2c2[nH]c(-c4c(F)cccc4F)nc32)n1. The molecule has 0 aliphatic carbocycles. The Kier molecular flexibility index (Phi) is 4.41. The second kappa shape index (κ2) is 7.48. The zero-order chi connectivity index (χ0) is 23.4. The molecule has 0 bridgehead atoms. The predicted molar refractivity (Wildman–Crippen MR) is 127 cm³/mol. The second-order valence-electron chi connectivity index (χ2n) is 7.83. The maximum absolute atomic E-state index is 14.5. The summed E-state index contributed by atoms with van der Waals surface area (Å²) in [6.07, 6.45) is 1.54. The number of pyridine rings is 2. The van der Waals surface area contributed by atoms with E-state index in [0.717, 1.165) is 5.56 Å². The molecule has 0 unspecified atom stereocenters. The van der Waals surface area contributed by atoms with Crippen LogP contribution in [0.5, 0.6) is 5.88 Å². The second-order valence-corrected chi connectivity index (χ2v) is 7.83. The summed E-state index contributed by atoms with van der Waals surface area (Å²) in [5.74, 6) is -0.924. The number of methoxy groups -OCH3 is 1. The number of nitrogens with zero attached hydrogens (tertiary/aromatic N) is 2. The van der Waals surface area contributed by atoms with Gasteiger partial charge in [-0.3, -0.25) is 4.79 Å². The van der Waals surface area contributed by atoms with Gasteiger partial charge in [0.1, 0.15) is 17.5 Å². The monoisotopic (exact) mass is 454 g/mol. The van der Waals surface area contributed by atoms with Crippen molar-refractivity contribution in [2.24, 2.45) is 0 Å². The van der Waals surface area contributed by atoms with Gasteiger partial charge in [0.15, 0.2) is 0 Å². The van der Waals surface area contributed by atoms with Gasteiger partial charge in [-0.15, -0.1) is 0 Å². The molecule has 0 saturated heterocycles. The van der Waals surface area contributed by atoms with Crippen LogP contribution in [-0.2, 0) is 0 Å². The molecule has 0 saturated carbocycles. The largest absolute Gasteiger partial charge is 0.481 e. The molecule has 34 heavy (non-hydrogen) atoms. The van der Waals surface area contributed by atoms with Crippen LogP contribution in [0.2, 0.25) is 0 Å². The minimum absolute atomic E-state index is 0.0539. The molecule has 6 aromatic rings. The fourth-order valence-electron chi connectivity index (χ4n) is 4.37. The Morgan fingerprint density at radius 3 is 2.47 bits per heavy atom. The summed E-state index contributed by atoms with van der Waals surface area (Å²) in [4.78, 5) is 27.7. The van der Waals surface area contributed by atoms with E-state index in [9.17, 15) is 13.6 Å². The first-order valence-electron chi connectivity index (χ1n) is 10.5. The fourth-order valence-corrected chi connectivity index (χ4v) is 4.37. The smallest absolute Gasteiger partial charge is 0.256 e. The zero-order valence-electron chi connectivity index (χ0n) is 17.8. The molecule has 166 valence electrons. The van der Waals surface area contributed by atoms with Crippen molar-refractivity contribution in [3.8, 4) is 28.5 Å². The lowest BCUT2D eigenvalue weighted by Crippen LogP contribution is -2.05. The van der Waals surface area contributed by atoms with Crippen LogP contribution in [0.15, 0.2) is 71.7 Å². The fraction of sp³-hybridized carbons (Fsp3) is 0.0385. The number of fused-ring (bicyclic) bond motifs is 6. The van der Waals surface area contributed by atoms with Crippen molar-refractivity contribution in [1.82, 2.24) is 19.9 Å². The minimum Gasteiger partial charge on any atom is -0.481 e. The molecule has 0 radical (unpaired) electrons. The van der Waals surface area contributed by atoms with Gasteiger partial charge >= 0.3 is 0 Å². The molecule has 6 nitrogen and oxygen atoms in total. The quantitative estimate of drug-likeness (QED) is 0.342. The Balaban J connectivity index is 1.71. The number of H-pyrrole nitrogens is 2. The van der Waals surface area contributed by atoms with Gasteiger partial charge in [-0.1, -0.05) is 24.3 Å². The van der Waals surface area contributed by atoms with Crippen molar-refractivity contribution in [1.29, 1.82) is 0 Å². The van der Waals surface area contributed by atoms with E-state index in [1.165, 1.54) is 24.4 Å². The Labute approximate surface area is 190 Å². The highest BCUT2D eigenvalue weighted by Crippen LogP contribution is 2.36. The van der Waals surface area contributed by atoms with Gasteiger partial charge in [-0.2, -0.15) is 0 Å². The van der Waals surface area contributed by atoms with Crippen molar-refractivity contribution >= 4 is 32.6 Å². The van der Waals surface area contributed by atoms with E-state index in [1.807, 2.05) is 30.3 Å². The van der Waals surface area contributed by atoms with Crippen molar-refractivity contribution in [3.63, 3.8) is 0 Å². The summed E-state index contributed by atoms with van der Waals surface area (Å²) >= 11 is 0. The van der Waals surface area contributed by atoms with Gasteiger partial charge < -0.3 is 14.7 Å². The first-order chi connectivity index (χ1) is 16.5. The average molecular weight is 454 g/mol. The number of imidazole rings is 1. The van der Waals surface area contributed by atoms with E-state index in [0.29, 0.717) is 44.2 Å². The normalized spacial score (nSPS) is 11.5. The van der Waals surface area contributed by atoms with E-state index in [2.05, 4.69) is 19.9 Å². The maximum Gasteiger partial charge on any atom is 0.256 e. The standard InChI is InChI=1S/C26H16F2N4O2/c1-34-20-7-3-6-19(30-20)13-8-9-14-16(12-13)21-15(10-11-29-26(21)33)24-23(14)31-25(32-24)22-17(27)4-2-5-18(22)28/h2-12H,1H3,(H,29,33)(H,31,32). The van der Waals surface area contributed by atoms with Gasteiger partial charge in [-0.05, 0) is 35.7 Å². The molecule has 0 fully saturated rings. The molecule has 0 spiro atoms. The van der Waals surface area contributed by atoms with E-state index in [1.54, 1.807) is 19.2 Å². The van der Waals surface area contributed by atoms with Crippen molar-refractivity contribution in [2.75, 3.05) is 7.11 Å². The molecule has 3 aromatic carbocycles. The van der Waals surface area contributed by atoms with E-state index >= 15 is 0 Å². The summed E-state index contributed by atoms with van der Waals surface area (Å²) in [6, 6.07) is 16.4. The van der Waals surface area contributed by atoms with Crippen LogP contribution < -0.4 is 10.3 Å². The Bertz CT molecular complexity index is 1790. The molecule has 0 atom stereocenters. The molecule has 3 heterocycles. The van der Waals surface area contributed by atoms with Crippen LogP contribution in [0.25, 0.3) is 55.2 Å². The van der Waals surface area contributed by atoms with Crippen LogP contribution in [0.3, 0.4) is 0 Å². The molecular formula is C26H16F2N4O2. The third kappa shape index (κ3) is 2.96. The third-order valence-corrected chi connectivity index (χ3v) is 5.91. The summed E-state index contributed by atoms with van der Waals surface area (Å²) in [7, 11) is 1.55. The summed E-state index contributed by atoms with van der Waals surface area (Å²) in [6.45, 7) is 0.